The van der Waals surface area contributed by atoms with Gasteiger partial charge >= 0.3 is 5.97 Å². The van der Waals surface area contributed by atoms with Gasteiger partial charge in [-0.25, -0.2) is 9.78 Å². The number of aromatic nitrogens is 1. The Hall–Kier alpha value is -0.980. The maximum Gasteiger partial charge on any atom is 0.356 e. The highest BCUT2D eigenvalue weighted by atomic mass is 79.9. The molecule has 0 spiro atoms. The van der Waals surface area contributed by atoms with Crippen LogP contribution in [0.1, 0.15) is 29.2 Å². The van der Waals surface area contributed by atoms with Crippen molar-refractivity contribution >= 4 is 21.9 Å². The van der Waals surface area contributed by atoms with Crippen LogP contribution in [0, 0.1) is 0 Å². The first-order chi connectivity index (χ1) is 8.10. The van der Waals surface area contributed by atoms with Crippen LogP contribution in [0.3, 0.4) is 0 Å². The molecule has 1 rings (SSSR count). The van der Waals surface area contributed by atoms with E-state index in [1.54, 1.807) is 19.1 Å². The first kappa shape index (κ1) is 14.1. The molecule has 17 heavy (non-hydrogen) atoms. The zero-order chi connectivity index (χ0) is 12.8. The zero-order valence-corrected chi connectivity index (χ0v) is 10.9. The summed E-state index contributed by atoms with van der Waals surface area (Å²) < 4.78 is 4.79. The Balaban J connectivity index is 2.89. The molecule has 0 aliphatic carbocycles. The van der Waals surface area contributed by atoms with Gasteiger partial charge in [-0.05, 0) is 19.1 Å². The average molecular weight is 304 g/mol. The van der Waals surface area contributed by atoms with Crippen LogP contribution < -0.4 is 0 Å². The quantitative estimate of drug-likeness (QED) is 0.628. The number of esters is 1. The number of ether oxygens (including phenoxy) is 1. The molecule has 0 aliphatic rings. The third kappa shape index (κ3) is 3.76. The number of carbonyl (C=O) groups is 1. The Kier molecular flexibility index (Phi) is 5.54. The number of rotatable bonds is 5. The Morgan fingerprint density at radius 2 is 2.24 bits per heavy atom. The molecule has 1 aromatic heterocycles. The van der Waals surface area contributed by atoms with Gasteiger partial charge in [0.15, 0.2) is 0 Å². The Bertz CT molecular complexity index is 385. The maximum atomic E-state index is 11.4. The highest BCUT2D eigenvalue weighted by Crippen LogP contribution is 2.16. The van der Waals surface area contributed by atoms with E-state index < -0.39 is 18.2 Å². The van der Waals surface area contributed by atoms with Gasteiger partial charge in [-0.3, -0.25) is 0 Å². The number of halogens is 1. The normalized spacial score (nSPS) is 14.1. The van der Waals surface area contributed by atoms with E-state index in [2.05, 4.69) is 20.9 Å². The average Bonchev–Trinajstić information content (AvgIpc) is 2.37. The summed E-state index contributed by atoms with van der Waals surface area (Å²) in [6.45, 7) is 1.96. The lowest BCUT2D eigenvalue weighted by molar-refractivity contribution is 0.0309. The van der Waals surface area contributed by atoms with Crippen molar-refractivity contribution in [2.75, 3.05) is 11.9 Å². The molecule has 94 valence electrons. The first-order valence-corrected chi connectivity index (χ1v) is 6.28. The molecule has 0 radical (unpaired) electrons. The predicted molar refractivity (Wildman–Crippen MR) is 65.0 cm³/mol. The molecular formula is C11H14BrNO4. The molecule has 2 N–H and O–H groups in total. The first-order valence-electron chi connectivity index (χ1n) is 5.16. The zero-order valence-electron chi connectivity index (χ0n) is 9.34. The minimum absolute atomic E-state index is 0.116. The van der Waals surface area contributed by atoms with Crippen LogP contribution in [0.15, 0.2) is 18.2 Å². The van der Waals surface area contributed by atoms with E-state index in [-0.39, 0.29) is 23.3 Å². The molecule has 0 bridgehead atoms. The highest BCUT2D eigenvalue weighted by molar-refractivity contribution is 9.09. The predicted octanol–water partition coefficient (Wildman–Crippen LogP) is 1.05. The van der Waals surface area contributed by atoms with Crippen molar-refractivity contribution in [3.05, 3.63) is 29.6 Å². The summed E-state index contributed by atoms with van der Waals surface area (Å²) in [6, 6.07) is 4.62. The molecule has 0 saturated carbocycles. The number of hydrogen-bond acceptors (Lipinski definition) is 5. The molecule has 0 saturated heterocycles. The van der Waals surface area contributed by atoms with Crippen LogP contribution >= 0.6 is 15.9 Å². The molecule has 0 aliphatic heterocycles. The van der Waals surface area contributed by atoms with Gasteiger partial charge in [0.2, 0.25) is 0 Å². The van der Waals surface area contributed by atoms with Crippen molar-refractivity contribution in [3.8, 4) is 0 Å². The number of hydrogen-bond donors (Lipinski definition) is 2. The van der Waals surface area contributed by atoms with E-state index in [4.69, 9.17) is 4.74 Å². The summed E-state index contributed by atoms with van der Waals surface area (Å²) in [7, 11) is 0. The van der Waals surface area contributed by atoms with Crippen LogP contribution in [0.25, 0.3) is 0 Å². The second kappa shape index (κ2) is 6.68. The van der Waals surface area contributed by atoms with Crippen LogP contribution in [-0.2, 0) is 4.74 Å². The second-order valence-corrected chi connectivity index (χ2v) is 3.98. The Labute approximate surface area is 108 Å². The summed E-state index contributed by atoms with van der Waals surface area (Å²) in [5.74, 6) is -0.546. The van der Waals surface area contributed by atoms with E-state index in [9.17, 15) is 15.0 Å². The number of carbonyl (C=O) groups excluding carboxylic acids is 1. The van der Waals surface area contributed by atoms with Gasteiger partial charge in [0.1, 0.15) is 11.8 Å². The number of aliphatic hydroxyl groups excluding tert-OH is 2. The number of aliphatic hydroxyl groups is 2. The topological polar surface area (TPSA) is 79.7 Å². The van der Waals surface area contributed by atoms with Gasteiger partial charge < -0.3 is 14.9 Å². The number of nitrogens with zero attached hydrogens (tertiary/aromatic N) is 1. The van der Waals surface area contributed by atoms with Crippen molar-refractivity contribution in [2.45, 2.75) is 19.1 Å². The largest absolute Gasteiger partial charge is 0.461 e. The lowest BCUT2D eigenvalue weighted by atomic mass is 10.1. The molecule has 5 nitrogen and oxygen atoms in total. The monoisotopic (exact) mass is 303 g/mol. The van der Waals surface area contributed by atoms with Gasteiger partial charge in [-0.1, -0.05) is 22.0 Å². The summed E-state index contributed by atoms with van der Waals surface area (Å²) in [4.78, 5) is 15.4. The van der Waals surface area contributed by atoms with Crippen molar-refractivity contribution in [1.82, 2.24) is 4.98 Å². The molecule has 1 heterocycles. The van der Waals surface area contributed by atoms with Gasteiger partial charge in [0.25, 0.3) is 0 Å². The van der Waals surface area contributed by atoms with Crippen LogP contribution in [0.4, 0.5) is 0 Å². The minimum atomic E-state index is -1.14. The molecule has 0 aromatic carbocycles. The SMILES string of the molecule is CCOC(=O)c1cccc(C(O)C(O)CBr)n1. The molecular weight excluding hydrogens is 290 g/mol. The van der Waals surface area contributed by atoms with Gasteiger partial charge in [-0.2, -0.15) is 0 Å². The van der Waals surface area contributed by atoms with E-state index in [1.165, 1.54) is 6.07 Å². The summed E-state index contributed by atoms with van der Waals surface area (Å²) in [5, 5.41) is 19.4. The number of alkyl halides is 1. The van der Waals surface area contributed by atoms with E-state index in [0.717, 1.165) is 0 Å². The lowest BCUT2D eigenvalue weighted by Crippen LogP contribution is -2.21. The van der Waals surface area contributed by atoms with E-state index in [1.807, 2.05) is 0 Å². The molecule has 2 atom stereocenters. The van der Waals surface area contributed by atoms with Crippen molar-refractivity contribution in [3.63, 3.8) is 0 Å². The lowest BCUT2D eigenvalue weighted by Gasteiger charge is -2.15. The van der Waals surface area contributed by atoms with Gasteiger partial charge in [0.05, 0.1) is 18.4 Å². The summed E-state index contributed by atoms with van der Waals surface area (Å²) in [5.41, 5.74) is 0.354. The fourth-order valence-electron chi connectivity index (χ4n) is 1.22. The Morgan fingerprint density at radius 3 is 2.82 bits per heavy atom. The smallest absolute Gasteiger partial charge is 0.356 e. The highest BCUT2D eigenvalue weighted by Gasteiger charge is 2.20. The third-order valence-corrected chi connectivity index (χ3v) is 2.74. The second-order valence-electron chi connectivity index (χ2n) is 3.33. The third-order valence-electron chi connectivity index (χ3n) is 2.08. The van der Waals surface area contributed by atoms with Crippen molar-refractivity contribution < 1.29 is 19.7 Å². The van der Waals surface area contributed by atoms with E-state index >= 15 is 0 Å². The van der Waals surface area contributed by atoms with Crippen LogP contribution in [0.5, 0.6) is 0 Å². The fourth-order valence-corrected chi connectivity index (χ4v) is 1.57. The van der Waals surface area contributed by atoms with Gasteiger partial charge in [0, 0.05) is 5.33 Å². The molecule has 1 aromatic rings. The fraction of sp³-hybridized carbons (Fsp3) is 0.455. The molecule has 0 amide bonds. The van der Waals surface area contributed by atoms with Crippen molar-refractivity contribution in [2.24, 2.45) is 0 Å². The number of pyridine rings is 1. The molecule has 2 unspecified atom stereocenters. The van der Waals surface area contributed by atoms with Crippen molar-refractivity contribution in [1.29, 1.82) is 0 Å². The summed E-state index contributed by atoms with van der Waals surface area (Å²) >= 11 is 3.06. The van der Waals surface area contributed by atoms with E-state index in [0.29, 0.717) is 0 Å². The minimum Gasteiger partial charge on any atom is -0.461 e. The van der Waals surface area contributed by atoms with Crippen LogP contribution in [0.2, 0.25) is 0 Å². The molecule has 0 fully saturated rings. The Morgan fingerprint density at radius 1 is 1.53 bits per heavy atom. The standard InChI is InChI=1S/C11H14BrNO4/c1-2-17-11(16)8-5-3-4-7(13-8)10(15)9(14)6-12/h3-5,9-10,14-15H,2,6H2,1H3. The molecule has 6 heteroatoms. The maximum absolute atomic E-state index is 11.4. The van der Waals surface area contributed by atoms with Gasteiger partial charge in [-0.15, -0.1) is 0 Å². The summed E-state index contributed by atoms with van der Waals surface area (Å²) in [6.07, 6.45) is -2.11. The van der Waals surface area contributed by atoms with Crippen LogP contribution in [-0.4, -0.2) is 39.2 Å².